The van der Waals surface area contributed by atoms with Crippen LogP contribution < -0.4 is 0 Å². The third-order valence-electron chi connectivity index (χ3n) is 6.28. The lowest BCUT2D eigenvalue weighted by Crippen LogP contribution is -2.47. The van der Waals surface area contributed by atoms with Crippen LogP contribution in [0.25, 0.3) is 0 Å². The molecule has 0 radical (unpaired) electrons. The molecular formula is C25H21N3O7S. The average molecular weight is 508 g/mol. The van der Waals surface area contributed by atoms with Crippen molar-refractivity contribution in [2.75, 3.05) is 20.5 Å². The molecule has 0 fully saturated rings. The van der Waals surface area contributed by atoms with Crippen LogP contribution in [0.1, 0.15) is 23.0 Å². The van der Waals surface area contributed by atoms with E-state index < -0.39 is 51.4 Å². The molecule has 0 aliphatic heterocycles. The van der Waals surface area contributed by atoms with Crippen molar-refractivity contribution >= 4 is 29.4 Å². The molecule has 1 aliphatic carbocycles. The second-order valence-electron chi connectivity index (χ2n) is 7.92. The molecule has 10 nitrogen and oxygen atoms in total. The minimum atomic E-state index is -2.12. The largest absolute Gasteiger partial charge is 0.511 e. The van der Waals surface area contributed by atoms with Gasteiger partial charge in [-0.25, -0.2) is 4.79 Å². The molecule has 0 aromatic heterocycles. The van der Waals surface area contributed by atoms with E-state index in [4.69, 9.17) is 9.47 Å². The van der Waals surface area contributed by atoms with Crippen LogP contribution in [0.2, 0.25) is 0 Å². The highest BCUT2D eigenvalue weighted by Gasteiger charge is 2.61. The molecule has 0 unspecified atom stereocenters. The van der Waals surface area contributed by atoms with E-state index in [1.165, 1.54) is 36.0 Å². The van der Waals surface area contributed by atoms with E-state index in [-0.39, 0.29) is 11.3 Å². The molecule has 3 rings (SSSR count). The van der Waals surface area contributed by atoms with Crippen LogP contribution in [0.3, 0.4) is 0 Å². The second kappa shape index (κ2) is 10.5. The molecule has 3 atom stereocenters. The van der Waals surface area contributed by atoms with Crippen molar-refractivity contribution in [3.63, 3.8) is 0 Å². The number of hydrogen-bond acceptors (Lipinski definition) is 10. The number of thioether (sulfide) groups is 1. The third-order valence-corrected chi connectivity index (χ3v) is 7.02. The highest BCUT2D eigenvalue weighted by atomic mass is 32.2. The Bertz CT molecular complexity index is 1290. The normalized spacial score (nSPS) is 20.5. The van der Waals surface area contributed by atoms with E-state index in [2.05, 4.69) is 0 Å². The van der Waals surface area contributed by atoms with Crippen molar-refractivity contribution < 1.29 is 29.1 Å². The predicted molar refractivity (Wildman–Crippen MR) is 128 cm³/mol. The van der Waals surface area contributed by atoms with Crippen molar-refractivity contribution in [2.24, 2.45) is 11.3 Å². The van der Waals surface area contributed by atoms with Crippen LogP contribution in [0.4, 0.5) is 5.69 Å². The topological polar surface area (TPSA) is 164 Å². The van der Waals surface area contributed by atoms with Gasteiger partial charge >= 0.3 is 11.9 Å². The number of methoxy groups -OCH3 is 2. The molecular weight excluding hydrogens is 486 g/mol. The molecule has 0 bridgehead atoms. The summed E-state index contributed by atoms with van der Waals surface area (Å²) in [5.41, 5.74) is -2.22. The maximum Gasteiger partial charge on any atom is 0.337 e. The summed E-state index contributed by atoms with van der Waals surface area (Å²) in [4.78, 5) is 37.3. The summed E-state index contributed by atoms with van der Waals surface area (Å²) < 4.78 is 9.75. The van der Waals surface area contributed by atoms with Gasteiger partial charge in [0.05, 0.1) is 42.8 Å². The number of ether oxygens (including phenoxy) is 2. The molecule has 2 aromatic rings. The third kappa shape index (κ3) is 4.25. The van der Waals surface area contributed by atoms with E-state index >= 15 is 0 Å². The fourth-order valence-electron chi connectivity index (χ4n) is 4.63. The molecule has 0 saturated heterocycles. The van der Waals surface area contributed by atoms with E-state index in [0.29, 0.717) is 5.56 Å². The zero-order chi connectivity index (χ0) is 26.6. The number of nitrogens with zero attached hydrogens (tertiary/aromatic N) is 3. The van der Waals surface area contributed by atoms with Gasteiger partial charge in [-0.3, -0.25) is 14.9 Å². The Morgan fingerprint density at radius 2 is 1.58 bits per heavy atom. The summed E-state index contributed by atoms with van der Waals surface area (Å²) in [5, 5.41) is 43.4. The molecule has 0 saturated carbocycles. The predicted octanol–water partition coefficient (Wildman–Crippen LogP) is 4.01. The van der Waals surface area contributed by atoms with Crippen molar-refractivity contribution in [3.05, 3.63) is 81.1 Å². The lowest BCUT2D eigenvalue weighted by molar-refractivity contribution is -0.384. The summed E-state index contributed by atoms with van der Waals surface area (Å²) in [6, 6.07) is 15.7. The van der Waals surface area contributed by atoms with Gasteiger partial charge < -0.3 is 14.6 Å². The van der Waals surface area contributed by atoms with Gasteiger partial charge in [-0.1, -0.05) is 24.3 Å². The minimum absolute atomic E-state index is 0.195. The number of esters is 2. The average Bonchev–Trinajstić information content (AvgIpc) is 2.91. The molecule has 36 heavy (non-hydrogen) atoms. The van der Waals surface area contributed by atoms with Crippen LogP contribution in [-0.4, -0.2) is 42.4 Å². The summed E-state index contributed by atoms with van der Waals surface area (Å²) in [6.07, 6.45) is 1.86. The van der Waals surface area contributed by atoms with E-state index in [1.807, 2.05) is 18.4 Å². The Morgan fingerprint density at radius 1 is 1.03 bits per heavy atom. The van der Waals surface area contributed by atoms with Gasteiger partial charge in [0.1, 0.15) is 11.7 Å². The monoisotopic (exact) mass is 507 g/mol. The summed E-state index contributed by atoms with van der Waals surface area (Å²) in [7, 11) is 2.14. The molecule has 0 heterocycles. The summed E-state index contributed by atoms with van der Waals surface area (Å²) in [6.45, 7) is 0. The SMILES string of the molecule is COC(=O)C1=C(O)[C@@H](C(=O)OC)[C@@H](c2ccc([N+](=O)[O-])cc2)C(C#N)(C#N)[C@@H]1c1ccc(SC)cc1. The maximum absolute atomic E-state index is 12.9. The lowest BCUT2D eigenvalue weighted by Gasteiger charge is -2.44. The number of carbonyl (C=O) groups excluding carboxylic acids is 2. The van der Waals surface area contributed by atoms with Crippen LogP contribution in [0.5, 0.6) is 0 Å². The summed E-state index contributed by atoms with van der Waals surface area (Å²) in [5.74, 6) is -7.01. The number of hydrogen-bond donors (Lipinski definition) is 1. The van der Waals surface area contributed by atoms with Crippen LogP contribution in [-0.2, 0) is 19.1 Å². The first-order chi connectivity index (χ1) is 17.2. The number of non-ortho nitro benzene ring substituents is 1. The molecule has 1 aliphatic rings. The fourth-order valence-corrected chi connectivity index (χ4v) is 5.04. The van der Waals surface area contributed by atoms with Gasteiger partial charge in [-0.2, -0.15) is 10.5 Å². The molecule has 1 N–H and O–H groups in total. The highest BCUT2D eigenvalue weighted by Crippen LogP contribution is 2.59. The number of nitriles is 2. The zero-order valence-electron chi connectivity index (χ0n) is 19.5. The first-order valence-electron chi connectivity index (χ1n) is 10.5. The van der Waals surface area contributed by atoms with Crippen LogP contribution in [0, 0.1) is 44.1 Å². The number of aliphatic hydroxyl groups excluding tert-OH is 1. The van der Waals surface area contributed by atoms with Gasteiger partial charge in [0.25, 0.3) is 5.69 Å². The Kier molecular flexibility index (Phi) is 7.66. The van der Waals surface area contributed by atoms with Crippen molar-refractivity contribution in [1.82, 2.24) is 0 Å². The number of rotatable bonds is 6. The fraction of sp³-hybridized carbons (Fsp3) is 0.280. The molecule has 0 amide bonds. The van der Waals surface area contributed by atoms with Gasteiger partial charge in [-0.15, -0.1) is 11.8 Å². The van der Waals surface area contributed by atoms with Gasteiger partial charge in [0.2, 0.25) is 0 Å². The molecule has 11 heteroatoms. The lowest BCUT2D eigenvalue weighted by atomic mass is 9.54. The molecule has 0 spiro atoms. The number of nitro benzene ring substituents is 1. The van der Waals surface area contributed by atoms with Gasteiger partial charge in [0, 0.05) is 22.9 Å². The second-order valence-corrected chi connectivity index (χ2v) is 8.80. The van der Waals surface area contributed by atoms with Crippen LogP contribution in [0.15, 0.2) is 64.8 Å². The van der Waals surface area contributed by atoms with Crippen molar-refractivity contribution in [1.29, 1.82) is 10.5 Å². The highest BCUT2D eigenvalue weighted by molar-refractivity contribution is 7.98. The summed E-state index contributed by atoms with van der Waals surface area (Å²) >= 11 is 1.46. The zero-order valence-corrected chi connectivity index (χ0v) is 20.3. The first-order valence-corrected chi connectivity index (χ1v) is 11.7. The smallest absolute Gasteiger partial charge is 0.337 e. The Balaban J connectivity index is 2.44. The number of aliphatic hydroxyl groups is 1. The van der Waals surface area contributed by atoms with E-state index in [0.717, 1.165) is 19.1 Å². The Hall–Kier alpha value is -4.35. The number of benzene rings is 2. The molecule has 184 valence electrons. The van der Waals surface area contributed by atoms with Gasteiger partial charge in [0.15, 0.2) is 5.41 Å². The van der Waals surface area contributed by atoms with Crippen molar-refractivity contribution in [2.45, 2.75) is 16.7 Å². The number of nitro groups is 1. The first kappa shape index (κ1) is 26.3. The molecule has 2 aromatic carbocycles. The van der Waals surface area contributed by atoms with Crippen molar-refractivity contribution in [3.8, 4) is 12.1 Å². The van der Waals surface area contributed by atoms with Crippen LogP contribution >= 0.6 is 11.8 Å². The minimum Gasteiger partial charge on any atom is -0.511 e. The Morgan fingerprint density at radius 3 is 2.03 bits per heavy atom. The number of carbonyl (C=O) groups is 2. The Labute approximate surface area is 210 Å². The maximum atomic E-state index is 12.9. The van der Waals surface area contributed by atoms with E-state index in [9.17, 15) is 35.3 Å². The van der Waals surface area contributed by atoms with Gasteiger partial charge in [-0.05, 0) is 29.5 Å². The quantitative estimate of drug-likeness (QED) is 0.261. The standard InChI is InChI=1S/C25H21N3O7S/c1-34-23(30)18-20(14-4-8-16(9-5-14)28(32)33)25(12-26,13-27)21(19(22(18)29)24(31)35-2)15-6-10-17(36-3)11-7-15/h4-11,18,20-21,29H,1-3H3/t18-,20+,21+/m0/s1. The van der Waals surface area contributed by atoms with E-state index in [1.54, 1.807) is 24.3 Å².